The standard InChI is InChI=1S/C11H13F3N2/c1-15-2-4-16(5-3-15)11-9(13)6-8(12)7-10(11)14/h6-7H,2-5H2,1H3. The number of hydrogen-bond acceptors (Lipinski definition) is 2. The van der Waals surface area contributed by atoms with Crippen LogP contribution >= 0.6 is 0 Å². The smallest absolute Gasteiger partial charge is 0.152 e. The molecule has 2 rings (SSSR count). The maximum atomic E-state index is 13.5. The second-order valence-corrected chi connectivity index (χ2v) is 4.01. The molecule has 0 radical (unpaired) electrons. The minimum Gasteiger partial charge on any atom is -0.364 e. The molecule has 0 aliphatic carbocycles. The summed E-state index contributed by atoms with van der Waals surface area (Å²) < 4.78 is 39.6. The Bertz CT molecular complexity index is 364. The zero-order valence-electron chi connectivity index (χ0n) is 9.01. The predicted octanol–water partition coefficient (Wildman–Crippen LogP) is 1.86. The molecular formula is C11H13F3N2. The Balaban J connectivity index is 2.26. The Morgan fingerprint density at radius 1 is 0.938 bits per heavy atom. The van der Waals surface area contributed by atoms with Gasteiger partial charge in [-0.1, -0.05) is 0 Å². The van der Waals surface area contributed by atoms with Crippen molar-refractivity contribution < 1.29 is 13.2 Å². The molecule has 1 aliphatic rings. The van der Waals surface area contributed by atoms with Gasteiger partial charge in [-0.3, -0.25) is 0 Å². The van der Waals surface area contributed by atoms with Crippen molar-refractivity contribution in [1.29, 1.82) is 0 Å². The Hall–Kier alpha value is -1.23. The Morgan fingerprint density at radius 2 is 1.44 bits per heavy atom. The molecule has 1 aromatic rings. The number of hydrogen-bond donors (Lipinski definition) is 0. The highest BCUT2D eigenvalue weighted by atomic mass is 19.1. The van der Waals surface area contributed by atoms with Crippen LogP contribution in [0, 0.1) is 17.5 Å². The molecule has 0 N–H and O–H groups in total. The first kappa shape index (κ1) is 11.3. The van der Waals surface area contributed by atoms with Crippen LogP contribution in [-0.4, -0.2) is 38.1 Å². The fraction of sp³-hybridized carbons (Fsp3) is 0.455. The normalized spacial score (nSPS) is 17.9. The van der Waals surface area contributed by atoms with Crippen LogP contribution in [0.15, 0.2) is 12.1 Å². The van der Waals surface area contributed by atoms with Crippen LogP contribution < -0.4 is 4.90 Å². The fourth-order valence-electron chi connectivity index (χ4n) is 1.87. The molecule has 1 aliphatic heterocycles. The number of piperazine rings is 1. The summed E-state index contributed by atoms with van der Waals surface area (Å²) in [7, 11) is 1.95. The van der Waals surface area contributed by atoms with E-state index in [2.05, 4.69) is 4.90 Å². The SMILES string of the molecule is CN1CCN(c2c(F)cc(F)cc2F)CC1. The van der Waals surface area contributed by atoms with E-state index in [1.54, 1.807) is 4.90 Å². The van der Waals surface area contributed by atoms with E-state index < -0.39 is 17.5 Å². The number of rotatable bonds is 1. The van der Waals surface area contributed by atoms with Gasteiger partial charge in [0.05, 0.1) is 0 Å². The molecule has 0 atom stereocenters. The Kier molecular flexibility index (Phi) is 3.05. The molecule has 88 valence electrons. The quantitative estimate of drug-likeness (QED) is 0.726. The molecule has 5 heteroatoms. The van der Waals surface area contributed by atoms with Crippen molar-refractivity contribution in [3.8, 4) is 0 Å². The molecule has 0 saturated carbocycles. The summed E-state index contributed by atoms with van der Waals surface area (Å²) in [5.41, 5.74) is -0.116. The first-order valence-corrected chi connectivity index (χ1v) is 5.16. The first-order valence-electron chi connectivity index (χ1n) is 5.16. The van der Waals surface area contributed by atoms with Crippen molar-refractivity contribution in [2.45, 2.75) is 0 Å². The van der Waals surface area contributed by atoms with Crippen molar-refractivity contribution in [2.24, 2.45) is 0 Å². The third-order valence-electron chi connectivity index (χ3n) is 2.80. The van der Waals surface area contributed by atoms with Gasteiger partial charge in [-0.15, -0.1) is 0 Å². The van der Waals surface area contributed by atoms with E-state index in [1.165, 1.54) is 0 Å². The van der Waals surface area contributed by atoms with Crippen molar-refractivity contribution >= 4 is 5.69 Å². The van der Waals surface area contributed by atoms with Crippen molar-refractivity contribution in [2.75, 3.05) is 38.1 Å². The summed E-state index contributed by atoms with van der Waals surface area (Å²) in [6.07, 6.45) is 0. The van der Waals surface area contributed by atoms with Gasteiger partial charge in [0.15, 0.2) is 11.6 Å². The van der Waals surface area contributed by atoms with E-state index in [9.17, 15) is 13.2 Å². The van der Waals surface area contributed by atoms with Gasteiger partial charge >= 0.3 is 0 Å². The molecule has 1 heterocycles. The fourth-order valence-corrected chi connectivity index (χ4v) is 1.87. The van der Waals surface area contributed by atoms with Gasteiger partial charge in [-0.2, -0.15) is 0 Å². The lowest BCUT2D eigenvalue weighted by Crippen LogP contribution is -2.45. The summed E-state index contributed by atoms with van der Waals surface area (Å²) in [5, 5.41) is 0. The summed E-state index contributed by atoms with van der Waals surface area (Å²) in [6.45, 7) is 2.60. The Morgan fingerprint density at radius 3 is 1.94 bits per heavy atom. The van der Waals surface area contributed by atoms with Gasteiger partial charge in [0, 0.05) is 38.3 Å². The summed E-state index contributed by atoms with van der Waals surface area (Å²) in [6, 6.07) is 1.44. The highest BCUT2D eigenvalue weighted by Crippen LogP contribution is 2.25. The zero-order valence-corrected chi connectivity index (χ0v) is 9.01. The number of likely N-dealkylation sites (N-methyl/N-ethyl adjacent to an activating group) is 1. The van der Waals surface area contributed by atoms with E-state index in [1.807, 2.05) is 7.05 Å². The lowest BCUT2D eigenvalue weighted by atomic mass is 10.2. The van der Waals surface area contributed by atoms with E-state index >= 15 is 0 Å². The van der Waals surface area contributed by atoms with Gasteiger partial charge < -0.3 is 9.80 Å². The third-order valence-corrected chi connectivity index (χ3v) is 2.80. The van der Waals surface area contributed by atoms with Crippen LogP contribution in [0.1, 0.15) is 0 Å². The largest absolute Gasteiger partial charge is 0.364 e. The molecular weight excluding hydrogens is 217 g/mol. The van der Waals surface area contributed by atoms with Crippen LogP contribution in [0.2, 0.25) is 0 Å². The predicted molar refractivity (Wildman–Crippen MR) is 56.0 cm³/mol. The van der Waals surface area contributed by atoms with Gasteiger partial charge in [0.25, 0.3) is 0 Å². The van der Waals surface area contributed by atoms with Gasteiger partial charge in [-0.25, -0.2) is 13.2 Å². The van der Waals surface area contributed by atoms with Gasteiger partial charge in [0.2, 0.25) is 0 Å². The molecule has 0 aromatic heterocycles. The van der Waals surface area contributed by atoms with Crippen molar-refractivity contribution in [3.63, 3.8) is 0 Å². The van der Waals surface area contributed by atoms with Crippen LogP contribution in [0.3, 0.4) is 0 Å². The summed E-state index contributed by atoms with van der Waals surface area (Å²) >= 11 is 0. The van der Waals surface area contributed by atoms with Crippen LogP contribution in [0.4, 0.5) is 18.9 Å². The van der Waals surface area contributed by atoms with Crippen LogP contribution in [-0.2, 0) is 0 Å². The highest BCUT2D eigenvalue weighted by molar-refractivity contribution is 5.49. The number of benzene rings is 1. The maximum Gasteiger partial charge on any atom is 0.152 e. The molecule has 1 aromatic carbocycles. The second kappa shape index (κ2) is 4.33. The molecule has 0 bridgehead atoms. The first-order chi connectivity index (χ1) is 7.58. The molecule has 1 saturated heterocycles. The lowest BCUT2D eigenvalue weighted by molar-refractivity contribution is 0.310. The van der Waals surface area contributed by atoms with Crippen molar-refractivity contribution in [3.05, 3.63) is 29.6 Å². The molecule has 16 heavy (non-hydrogen) atoms. The molecule has 0 spiro atoms. The average Bonchev–Trinajstić information content (AvgIpc) is 2.19. The second-order valence-electron chi connectivity index (χ2n) is 4.01. The highest BCUT2D eigenvalue weighted by Gasteiger charge is 2.21. The minimum absolute atomic E-state index is 0.116. The van der Waals surface area contributed by atoms with Crippen LogP contribution in [0.5, 0.6) is 0 Å². The van der Waals surface area contributed by atoms with E-state index in [4.69, 9.17) is 0 Å². The number of halogens is 3. The number of anilines is 1. The zero-order chi connectivity index (χ0) is 11.7. The minimum atomic E-state index is -0.882. The Labute approximate surface area is 92.3 Å². The maximum absolute atomic E-state index is 13.5. The lowest BCUT2D eigenvalue weighted by Gasteiger charge is -2.34. The van der Waals surface area contributed by atoms with E-state index in [0.717, 1.165) is 25.2 Å². The van der Waals surface area contributed by atoms with Gasteiger partial charge in [-0.05, 0) is 7.05 Å². The third kappa shape index (κ3) is 2.14. The molecule has 1 fully saturated rings. The summed E-state index contributed by atoms with van der Waals surface area (Å²) in [5.74, 6) is -2.54. The topological polar surface area (TPSA) is 6.48 Å². The molecule has 0 unspecified atom stereocenters. The summed E-state index contributed by atoms with van der Waals surface area (Å²) in [4.78, 5) is 3.69. The van der Waals surface area contributed by atoms with Gasteiger partial charge in [0.1, 0.15) is 11.5 Å². The number of nitrogens with zero attached hydrogens (tertiary/aromatic N) is 2. The van der Waals surface area contributed by atoms with E-state index in [0.29, 0.717) is 13.1 Å². The average molecular weight is 230 g/mol. The molecule has 0 amide bonds. The van der Waals surface area contributed by atoms with Crippen LogP contribution in [0.25, 0.3) is 0 Å². The monoisotopic (exact) mass is 230 g/mol. The van der Waals surface area contributed by atoms with Crippen molar-refractivity contribution in [1.82, 2.24) is 4.90 Å². The molecule has 2 nitrogen and oxygen atoms in total. The van der Waals surface area contributed by atoms with E-state index in [-0.39, 0.29) is 5.69 Å².